The predicted octanol–water partition coefficient (Wildman–Crippen LogP) is 2.74. The second-order valence-electron chi connectivity index (χ2n) is 4.91. The molecule has 22 heavy (non-hydrogen) atoms. The van der Waals surface area contributed by atoms with Crippen LogP contribution in [0.15, 0.2) is 39.6 Å². The van der Waals surface area contributed by atoms with Crippen LogP contribution in [0.3, 0.4) is 0 Å². The summed E-state index contributed by atoms with van der Waals surface area (Å²) in [7, 11) is 0. The van der Waals surface area contributed by atoms with Crippen molar-refractivity contribution in [1.82, 2.24) is 4.57 Å². The molecule has 0 bridgehead atoms. The van der Waals surface area contributed by atoms with Crippen LogP contribution in [0.1, 0.15) is 16.8 Å². The molecule has 0 fully saturated rings. The van der Waals surface area contributed by atoms with E-state index in [-0.39, 0.29) is 18.0 Å². The van der Waals surface area contributed by atoms with Crippen molar-refractivity contribution in [3.63, 3.8) is 0 Å². The summed E-state index contributed by atoms with van der Waals surface area (Å²) < 4.78 is 2.15. The van der Waals surface area contributed by atoms with Gasteiger partial charge in [-0.2, -0.15) is 5.26 Å². The SMILES string of the molecule is Cc1cc(C)n(CC(=O)Nc2cccc(Br)c2)c(=O)c1C#N. The molecule has 1 amide bonds. The number of rotatable bonds is 3. The van der Waals surface area contributed by atoms with Crippen LogP contribution >= 0.6 is 15.9 Å². The molecule has 6 heteroatoms. The van der Waals surface area contributed by atoms with Gasteiger partial charge in [0.25, 0.3) is 5.56 Å². The standard InChI is InChI=1S/C16H14BrN3O2/c1-10-6-11(2)20(16(22)14(10)8-18)9-15(21)19-13-5-3-4-12(17)7-13/h3-7H,9H2,1-2H3,(H,19,21). The van der Waals surface area contributed by atoms with Crippen molar-refractivity contribution in [2.24, 2.45) is 0 Å². The Bertz CT molecular complexity index is 834. The van der Waals surface area contributed by atoms with E-state index in [2.05, 4.69) is 21.2 Å². The normalized spacial score (nSPS) is 10.1. The molecule has 2 aromatic rings. The Morgan fingerprint density at radius 3 is 2.73 bits per heavy atom. The van der Waals surface area contributed by atoms with E-state index >= 15 is 0 Å². The quantitative estimate of drug-likeness (QED) is 0.915. The summed E-state index contributed by atoms with van der Waals surface area (Å²) in [5.41, 5.74) is 1.53. The molecule has 5 nitrogen and oxygen atoms in total. The molecule has 2 rings (SSSR count). The number of pyridine rings is 1. The van der Waals surface area contributed by atoms with Gasteiger partial charge in [0, 0.05) is 15.9 Å². The van der Waals surface area contributed by atoms with Gasteiger partial charge in [0.05, 0.1) is 0 Å². The first kappa shape index (κ1) is 16.0. The number of benzene rings is 1. The number of amides is 1. The molecule has 0 saturated carbocycles. The fourth-order valence-electron chi connectivity index (χ4n) is 2.17. The second-order valence-corrected chi connectivity index (χ2v) is 5.82. The molecule has 0 saturated heterocycles. The zero-order chi connectivity index (χ0) is 16.3. The lowest BCUT2D eigenvalue weighted by atomic mass is 10.1. The highest BCUT2D eigenvalue weighted by Crippen LogP contribution is 2.15. The van der Waals surface area contributed by atoms with E-state index < -0.39 is 5.56 Å². The number of nitriles is 1. The molecule has 0 unspecified atom stereocenters. The number of hydrogen-bond donors (Lipinski definition) is 1. The third-order valence-electron chi connectivity index (χ3n) is 3.23. The van der Waals surface area contributed by atoms with Crippen LogP contribution in [-0.2, 0) is 11.3 Å². The summed E-state index contributed by atoms with van der Waals surface area (Å²) in [6.07, 6.45) is 0. The highest BCUT2D eigenvalue weighted by molar-refractivity contribution is 9.10. The van der Waals surface area contributed by atoms with Gasteiger partial charge in [-0.25, -0.2) is 0 Å². The number of nitrogens with zero attached hydrogens (tertiary/aromatic N) is 2. The van der Waals surface area contributed by atoms with E-state index in [1.807, 2.05) is 12.1 Å². The topological polar surface area (TPSA) is 74.9 Å². The number of hydrogen-bond acceptors (Lipinski definition) is 3. The smallest absolute Gasteiger partial charge is 0.269 e. The van der Waals surface area contributed by atoms with Gasteiger partial charge >= 0.3 is 0 Å². The van der Waals surface area contributed by atoms with Gasteiger partial charge in [-0.15, -0.1) is 0 Å². The van der Waals surface area contributed by atoms with Gasteiger partial charge in [-0.05, 0) is 43.7 Å². The van der Waals surface area contributed by atoms with Crippen LogP contribution in [0.4, 0.5) is 5.69 Å². The fourth-order valence-corrected chi connectivity index (χ4v) is 2.57. The summed E-state index contributed by atoms with van der Waals surface area (Å²) in [6.45, 7) is 3.31. The summed E-state index contributed by atoms with van der Waals surface area (Å²) in [5, 5.41) is 11.8. The molecule has 1 aromatic carbocycles. The van der Waals surface area contributed by atoms with E-state index in [0.29, 0.717) is 16.9 Å². The number of carbonyl (C=O) groups is 1. The maximum atomic E-state index is 12.2. The molecule has 1 heterocycles. The minimum Gasteiger partial charge on any atom is -0.324 e. The minimum atomic E-state index is -0.440. The van der Waals surface area contributed by atoms with Crippen LogP contribution in [0.2, 0.25) is 0 Å². The lowest BCUT2D eigenvalue weighted by molar-refractivity contribution is -0.116. The summed E-state index contributed by atoms with van der Waals surface area (Å²) in [6, 6.07) is 10.8. The van der Waals surface area contributed by atoms with Crippen molar-refractivity contribution in [1.29, 1.82) is 5.26 Å². The number of anilines is 1. The van der Waals surface area contributed by atoms with Gasteiger partial charge < -0.3 is 9.88 Å². The average Bonchev–Trinajstić information content (AvgIpc) is 2.43. The number of aryl methyl sites for hydroxylation is 2. The molecular formula is C16H14BrN3O2. The largest absolute Gasteiger partial charge is 0.324 e. The summed E-state index contributed by atoms with van der Waals surface area (Å²) in [4.78, 5) is 24.3. The highest BCUT2D eigenvalue weighted by Gasteiger charge is 2.13. The fraction of sp³-hybridized carbons (Fsp3) is 0.188. The molecule has 1 N–H and O–H groups in total. The molecule has 0 atom stereocenters. The van der Waals surface area contributed by atoms with Crippen molar-refractivity contribution in [3.05, 3.63) is 62.0 Å². The predicted molar refractivity (Wildman–Crippen MR) is 87.7 cm³/mol. The third-order valence-corrected chi connectivity index (χ3v) is 3.72. The first-order valence-corrected chi connectivity index (χ1v) is 7.38. The van der Waals surface area contributed by atoms with Gasteiger partial charge in [-0.1, -0.05) is 22.0 Å². The van der Waals surface area contributed by atoms with Crippen molar-refractivity contribution in [2.75, 3.05) is 5.32 Å². The number of carbonyl (C=O) groups excluding carboxylic acids is 1. The van der Waals surface area contributed by atoms with Gasteiger partial charge in [0.2, 0.25) is 5.91 Å². The number of nitrogens with one attached hydrogen (secondary N) is 1. The Kier molecular flexibility index (Phi) is 4.78. The van der Waals surface area contributed by atoms with Crippen LogP contribution < -0.4 is 10.9 Å². The molecule has 1 aromatic heterocycles. The Balaban J connectivity index is 2.26. The van der Waals surface area contributed by atoms with Crippen molar-refractivity contribution >= 4 is 27.5 Å². The first-order chi connectivity index (χ1) is 10.4. The lowest BCUT2D eigenvalue weighted by Gasteiger charge is -2.12. The zero-order valence-electron chi connectivity index (χ0n) is 12.2. The van der Waals surface area contributed by atoms with Crippen LogP contribution in [-0.4, -0.2) is 10.5 Å². The number of halogens is 1. The van der Waals surface area contributed by atoms with Gasteiger partial charge in [-0.3, -0.25) is 9.59 Å². The Labute approximate surface area is 136 Å². The molecule has 0 aliphatic carbocycles. The molecule has 0 radical (unpaired) electrons. The summed E-state index contributed by atoms with van der Waals surface area (Å²) >= 11 is 3.33. The maximum Gasteiger partial charge on any atom is 0.269 e. The third kappa shape index (κ3) is 3.43. The van der Waals surface area contributed by atoms with Crippen LogP contribution in [0, 0.1) is 25.2 Å². The number of aromatic nitrogens is 1. The van der Waals surface area contributed by atoms with Crippen molar-refractivity contribution in [2.45, 2.75) is 20.4 Å². The second kappa shape index (κ2) is 6.58. The molecule has 0 aliphatic rings. The molecule has 0 aliphatic heterocycles. The van der Waals surface area contributed by atoms with E-state index in [1.54, 1.807) is 38.1 Å². The zero-order valence-corrected chi connectivity index (χ0v) is 13.8. The highest BCUT2D eigenvalue weighted by atomic mass is 79.9. The minimum absolute atomic E-state index is 0.0702. The van der Waals surface area contributed by atoms with Gasteiger partial charge in [0.1, 0.15) is 18.2 Å². The maximum absolute atomic E-state index is 12.2. The Morgan fingerprint density at radius 2 is 2.09 bits per heavy atom. The van der Waals surface area contributed by atoms with E-state index in [4.69, 9.17) is 5.26 Å². The van der Waals surface area contributed by atoms with E-state index in [9.17, 15) is 9.59 Å². The first-order valence-electron chi connectivity index (χ1n) is 6.59. The van der Waals surface area contributed by atoms with Gasteiger partial charge in [0.15, 0.2) is 0 Å². The monoisotopic (exact) mass is 359 g/mol. The summed E-state index contributed by atoms with van der Waals surface area (Å²) in [5.74, 6) is -0.323. The molecule has 112 valence electrons. The van der Waals surface area contributed by atoms with E-state index in [0.717, 1.165) is 4.47 Å². The lowest BCUT2D eigenvalue weighted by Crippen LogP contribution is -2.31. The molecule has 0 spiro atoms. The Hall–Kier alpha value is -2.39. The van der Waals surface area contributed by atoms with Crippen LogP contribution in [0.25, 0.3) is 0 Å². The van der Waals surface area contributed by atoms with E-state index in [1.165, 1.54) is 4.57 Å². The van der Waals surface area contributed by atoms with Crippen molar-refractivity contribution in [3.8, 4) is 6.07 Å². The molecular weight excluding hydrogens is 346 g/mol. The van der Waals surface area contributed by atoms with Crippen LogP contribution in [0.5, 0.6) is 0 Å². The Morgan fingerprint density at radius 1 is 1.36 bits per heavy atom. The van der Waals surface area contributed by atoms with Crippen molar-refractivity contribution < 1.29 is 4.79 Å². The average molecular weight is 360 g/mol.